The molecule has 4 heteroatoms. The molecular weight excluding hydrogens is 304 g/mol. The highest BCUT2D eigenvalue weighted by atomic mass is 16.5. The van der Waals surface area contributed by atoms with Crippen molar-refractivity contribution in [3.8, 4) is 5.75 Å². The first-order valence-electron chi connectivity index (χ1n) is 8.23. The lowest BCUT2D eigenvalue weighted by Crippen LogP contribution is -2.00. The van der Waals surface area contributed by atoms with E-state index in [-0.39, 0.29) is 5.63 Å². The zero-order valence-corrected chi connectivity index (χ0v) is 13.3. The van der Waals surface area contributed by atoms with Crippen LogP contribution in [0.25, 0.3) is 32.7 Å². The zero-order chi connectivity index (χ0) is 16.3. The molecule has 2 aromatic heterocycles. The predicted octanol–water partition coefficient (Wildman–Crippen LogP) is 4.58. The van der Waals surface area contributed by atoms with E-state index < -0.39 is 0 Å². The summed E-state index contributed by atoms with van der Waals surface area (Å²) in [4.78, 5) is 12.3. The van der Waals surface area contributed by atoms with Crippen molar-refractivity contribution in [1.82, 2.24) is 0 Å². The minimum atomic E-state index is -0.355. The second-order valence-corrected chi connectivity index (χ2v) is 6.36. The summed E-state index contributed by atoms with van der Waals surface area (Å²) in [6.45, 7) is 0. The number of furan rings is 1. The Morgan fingerprint density at radius 1 is 0.875 bits per heavy atom. The van der Waals surface area contributed by atoms with Crippen molar-refractivity contribution in [2.75, 3.05) is 7.11 Å². The highest BCUT2D eigenvalue weighted by Crippen LogP contribution is 2.36. The smallest absolute Gasteiger partial charge is 0.344 e. The van der Waals surface area contributed by atoms with E-state index in [2.05, 4.69) is 6.07 Å². The Labute approximate surface area is 137 Å². The van der Waals surface area contributed by atoms with Crippen LogP contribution in [0.5, 0.6) is 5.75 Å². The molecule has 0 bridgehead atoms. The van der Waals surface area contributed by atoms with E-state index in [1.165, 1.54) is 18.4 Å². The molecule has 0 saturated carbocycles. The summed E-state index contributed by atoms with van der Waals surface area (Å²) in [5.74, 6) is 1.73. The molecule has 2 aromatic carbocycles. The van der Waals surface area contributed by atoms with E-state index in [0.29, 0.717) is 16.7 Å². The van der Waals surface area contributed by atoms with Gasteiger partial charge in [-0.25, -0.2) is 4.79 Å². The molecule has 0 N–H and O–H groups in total. The topological polar surface area (TPSA) is 52.6 Å². The van der Waals surface area contributed by atoms with Crippen molar-refractivity contribution in [1.29, 1.82) is 0 Å². The minimum absolute atomic E-state index is 0.355. The van der Waals surface area contributed by atoms with Crippen molar-refractivity contribution in [3.63, 3.8) is 0 Å². The van der Waals surface area contributed by atoms with Crippen molar-refractivity contribution in [2.45, 2.75) is 25.7 Å². The first-order chi connectivity index (χ1) is 11.7. The van der Waals surface area contributed by atoms with Gasteiger partial charge in [0.25, 0.3) is 0 Å². The maximum Gasteiger partial charge on any atom is 0.344 e. The fraction of sp³-hybridized carbons (Fsp3) is 0.250. The summed E-state index contributed by atoms with van der Waals surface area (Å²) in [5, 5.41) is 3.50. The lowest BCUT2D eigenvalue weighted by molar-refractivity contribution is 0.415. The molecule has 0 aliphatic heterocycles. The summed E-state index contributed by atoms with van der Waals surface area (Å²) in [7, 11) is 1.59. The number of hydrogen-bond donors (Lipinski definition) is 0. The number of ether oxygens (including phenoxy) is 1. The summed E-state index contributed by atoms with van der Waals surface area (Å²) in [6, 6.07) is 9.49. The Bertz CT molecular complexity index is 1160. The molecule has 0 radical (unpaired) electrons. The third kappa shape index (κ3) is 1.83. The molecule has 4 aromatic rings. The van der Waals surface area contributed by atoms with Crippen molar-refractivity contribution in [2.24, 2.45) is 0 Å². The van der Waals surface area contributed by atoms with Crippen LogP contribution in [-0.2, 0) is 12.8 Å². The monoisotopic (exact) mass is 320 g/mol. The van der Waals surface area contributed by atoms with Gasteiger partial charge in [0.1, 0.15) is 22.7 Å². The SMILES string of the molecule is COc1ccc2c(c1)c(=O)oc1cc3oc4c(c3cc12)CCCC4. The van der Waals surface area contributed by atoms with Gasteiger partial charge in [-0.05, 0) is 43.5 Å². The van der Waals surface area contributed by atoms with Crippen molar-refractivity contribution in [3.05, 3.63) is 52.1 Å². The van der Waals surface area contributed by atoms with Gasteiger partial charge in [-0.15, -0.1) is 0 Å². The van der Waals surface area contributed by atoms with Crippen LogP contribution in [0, 0.1) is 0 Å². The number of fused-ring (bicyclic) bond motifs is 6. The molecule has 0 spiro atoms. The van der Waals surface area contributed by atoms with Crippen LogP contribution >= 0.6 is 0 Å². The number of methoxy groups -OCH3 is 1. The second kappa shape index (κ2) is 4.87. The standard InChI is InChI=1S/C20H16O4/c1-22-11-6-7-12-14-9-15-13-4-2-3-5-17(13)23-18(15)10-19(14)24-20(21)16(12)8-11/h6-10H,2-5H2,1H3. The van der Waals surface area contributed by atoms with Crippen LogP contribution in [0.2, 0.25) is 0 Å². The summed E-state index contributed by atoms with van der Waals surface area (Å²) < 4.78 is 16.8. The molecule has 4 nitrogen and oxygen atoms in total. The van der Waals surface area contributed by atoms with Crippen molar-refractivity contribution >= 4 is 32.7 Å². The minimum Gasteiger partial charge on any atom is -0.497 e. The fourth-order valence-electron chi connectivity index (χ4n) is 3.79. The Morgan fingerprint density at radius 3 is 2.58 bits per heavy atom. The van der Waals surface area contributed by atoms with Gasteiger partial charge >= 0.3 is 5.63 Å². The van der Waals surface area contributed by atoms with Gasteiger partial charge in [-0.3, -0.25) is 0 Å². The van der Waals surface area contributed by atoms with E-state index in [1.807, 2.05) is 18.2 Å². The first-order valence-corrected chi connectivity index (χ1v) is 8.23. The van der Waals surface area contributed by atoms with E-state index in [1.54, 1.807) is 13.2 Å². The Kier molecular flexibility index (Phi) is 2.77. The third-order valence-corrected chi connectivity index (χ3v) is 5.00. The van der Waals surface area contributed by atoms with E-state index in [0.717, 1.165) is 40.3 Å². The lowest BCUT2D eigenvalue weighted by atomic mass is 9.95. The summed E-state index contributed by atoms with van der Waals surface area (Å²) in [6.07, 6.45) is 4.41. The Morgan fingerprint density at radius 2 is 1.71 bits per heavy atom. The lowest BCUT2D eigenvalue weighted by Gasteiger charge is -2.08. The highest BCUT2D eigenvalue weighted by molar-refractivity contribution is 6.09. The van der Waals surface area contributed by atoms with Gasteiger partial charge in [0.15, 0.2) is 0 Å². The number of benzene rings is 2. The molecule has 0 amide bonds. The maximum atomic E-state index is 12.3. The van der Waals surface area contributed by atoms with Gasteiger partial charge in [0.2, 0.25) is 0 Å². The molecule has 120 valence electrons. The highest BCUT2D eigenvalue weighted by Gasteiger charge is 2.19. The Hall–Kier alpha value is -2.75. The quantitative estimate of drug-likeness (QED) is 0.380. The average molecular weight is 320 g/mol. The Balaban J connectivity index is 1.92. The molecule has 24 heavy (non-hydrogen) atoms. The summed E-state index contributed by atoms with van der Waals surface area (Å²) >= 11 is 0. The largest absolute Gasteiger partial charge is 0.497 e. The van der Waals surface area contributed by atoms with E-state index >= 15 is 0 Å². The van der Waals surface area contributed by atoms with Crippen LogP contribution in [0.3, 0.4) is 0 Å². The number of hydrogen-bond acceptors (Lipinski definition) is 4. The van der Waals surface area contributed by atoms with Gasteiger partial charge in [0, 0.05) is 34.2 Å². The molecule has 1 aliphatic rings. The predicted molar refractivity (Wildman–Crippen MR) is 93.0 cm³/mol. The average Bonchev–Trinajstić information content (AvgIpc) is 2.97. The molecular formula is C20H16O4. The fourth-order valence-corrected chi connectivity index (χ4v) is 3.79. The normalized spacial score (nSPS) is 14.4. The number of rotatable bonds is 1. The van der Waals surface area contributed by atoms with Crippen LogP contribution in [0.1, 0.15) is 24.2 Å². The van der Waals surface area contributed by atoms with Gasteiger partial charge in [-0.1, -0.05) is 0 Å². The molecule has 1 aliphatic carbocycles. The van der Waals surface area contributed by atoms with E-state index in [4.69, 9.17) is 13.6 Å². The molecule has 0 fully saturated rings. The second-order valence-electron chi connectivity index (χ2n) is 6.36. The van der Waals surface area contributed by atoms with Crippen LogP contribution in [0.15, 0.2) is 44.0 Å². The van der Waals surface area contributed by atoms with Crippen LogP contribution in [-0.4, -0.2) is 7.11 Å². The molecule has 2 heterocycles. The van der Waals surface area contributed by atoms with Crippen LogP contribution in [0.4, 0.5) is 0 Å². The molecule has 5 rings (SSSR count). The first kappa shape index (κ1) is 13.7. The van der Waals surface area contributed by atoms with Gasteiger partial charge < -0.3 is 13.6 Å². The molecule has 0 saturated heterocycles. The van der Waals surface area contributed by atoms with E-state index in [9.17, 15) is 4.79 Å². The van der Waals surface area contributed by atoms with Crippen molar-refractivity contribution < 1.29 is 13.6 Å². The third-order valence-electron chi connectivity index (χ3n) is 5.00. The van der Waals surface area contributed by atoms with Crippen LogP contribution < -0.4 is 10.4 Å². The molecule has 0 atom stereocenters. The van der Waals surface area contributed by atoms with Gasteiger partial charge in [-0.2, -0.15) is 0 Å². The number of aryl methyl sites for hydroxylation is 2. The van der Waals surface area contributed by atoms with Gasteiger partial charge in [0.05, 0.1) is 12.5 Å². The molecule has 0 unspecified atom stereocenters. The zero-order valence-electron chi connectivity index (χ0n) is 13.3. The summed E-state index contributed by atoms with van der Waals surface area (Å²) in [5.41, 5.74) is 2.33. The maximum absolute atomic E-state index is 12.3.